The van der Waals surface area contributed by atoms with E-state index in [1.54, 1.807) is 14.1 Å². The van der Waals surface area contributed by atoms with Crippen molar-refractivity contribution in [3.8, 4) is 0 Å². The molecule has 6 nitrogen and oxygen atoms in total. The highest BCUT2D eigenvalue weighted by Crippen LogP contribution is 2.13. The molecule has 0 spiro atoms. The Kier molecular flexibility index (Phi) is 11.5. The third-order valence-electron chi connectivity index (χ3n) is 5.68. The van der Waals surface area contributed by atoms with Gasteiger partial charge in [0.15, 0.2) is 5.96 Å². The molecule has 7 heteroatoms. The molecule has 1 fully saturated rings. The number of rotatable bonds is 8. The number of nitrogens with zero attached hydrogens (tertiary/aromatic N) is 2. The lowest BCUT2D eigenvalue weighted by atomic mass is 10.1. The lowest BCUT2D eigenvalue weighted by Gasteiger charge is -2.26. The van der Waals surface area contributed by atoms with Crippen molar-refractivity contribution in [2.24, 2.45) is 4.99 Å². The predicted molar refractivity (Wildman–Crippen MR) is 143 cm³/mol. The highest BCUT2D eigenvalue weighted by Gasteiger charge is 2.10. The molecule has 0 unspecified atom stereocenters. The van der Waals surface area contributed by atoms with E-state index in [2.05, 4.69) is 50.1 Å². The third-order valence-corrected chi connectivity index (χ3v) is 5.68. The summed E-state index contributed by atoms with van der Waals surface area (Å²) in [6.07, 6.45) is 4.84. The van der Waals surface area contributed by atoms with Gasteiger partial charge < -0.3 is 16.0 Å². The third kappa shape index (κ3) is 8.43. The van der Waals surface area contributed by atoms with Crippen LogP contribution in [-0.4, -0.2) is 50.5 Å². The summed E-state index contributed by atoms with van der Waals surface area (Å²) in [5, 5.41) is 9.39. The summed E-state index contributed by atoms with van der Waals surface area (Å²) >= 11 is 0. The van der Waals surface area contributed by atoms with E-state index < -0.39 is 0 Å². The van der Waals surface area contributed by atoms with Gasteiger partial charge in [0.25, 0.3) is 5.91 Å². The zero-order chi connectivity index (χ0) is 21.9. The van der Waals surface area contributed by atoms with Crippen molar-refractivity contribution in [1.82, 2.24) is 20.9 Å². The number of nitrogens with one attached hydrogen (secondary N) is 3. The standard InChI is InChI=1S/C25H35N5O.HI/c1-26-24(31)23-8-6-7-20(17-23)13-14-28-25(27-2)29-18-21-9-11-22(12-10-21)19-30-15-4-3-5-16-30;/h6-12,17H,3-5,13-16,18-19H2,1-2H3,(H,26,31)(H2,27,28,29);1H. The van der Waals surface area contributed by atoms with Gasteiger partial charge in [-0.05, 0) is 61.2 Å². The Labute approximate surface area is 209 Å². The average molecular weight is 550 g/mol. The second-order valence-electron chi connectivity index (χ2n) is 8.04. The lowest BCUT2D eigenvalue weighted by molar-refractivity contribution is 0.0963. The van der Waals surface area contributed by atoms with Crippen LogP contribution < -0.4 is 16.0 Å². The molecule has 1 aliphatic rings. The van der Waals surface area contributed by atoms with E-state index in [1.165, 1.54) is 43.5 Å². The topological polar surface area (TPSA) is 68.8 Å². The van der Waals surface area contributed by atoms with E-state index in [1.807, 2.05) is 24.3 Å². The normalized spacial score (nSPS) is 14.4. The van der Waals surface area contributed by atoms with Crippen LogP contribution in [0.15, 0.2) is 53.5 Å². The minimum atomic E-state index is -0.0609. The highest BCUT2D eigenvalue weighted by atomic mass is 127. The largest absolute Gasteiger partial charge is 0.356 e. The molecule has 2 aromatic carbocycles. The number of carbonyl (C=O) groups excluding carboxylic acids is 1. The molecule has 1 saturated heterocycles. The number of piperidine rings is 1. The van der Waals surface area contributed by atoms with Gasteiger partial charge in [-0.1, -0.05) is 42.8 Å². The van der Waals surface area contributed by atoms with Gasteiger partial charge in [0, 0.05) is 39.3 Å². The Balaban J connectivity index is 0.00000363. The minimum Gasteiger partial charge on any atom is -0.356 e. The number of guanidine groups is 1. The molecule has 0 bridgehead atoms. The number of aliphatic imine (C=N–C) groups is 1. The molecule has 1 amide bonds. The quantitative estimate of drug-likeness (QED) is 0.268. The molecule has 1 heterocycles. The van der Waals surface area contributed by atoms with Crippen LogP contribution in [-0.2, 0) is 19.5 Å². The Bertz CT molecular complexity index is 863. The summed E-state index contributed by atoms with van der Waals surface area (Å²) in [5.74, 6) is 0.717. The van der Waals surface area contributed by atoms with Crippen molar-refractivity contribution in [2.45, 2.75) is 38.8 Å². The number of hydrogen-bond donors (Lipinski definition) is 3. The van der Waals surface area contributed by atoms with E-state index in [0.29, 0.717) is 5.56 Å². The van der Waals surface area contributed by atoms with Crippen LogP contribution in [0.2, 0.25) is 0 Å². The maximum Gasteiger partial charge on any atom is 0.251 e. The molecule has 0 aliphatic carbocycles. The number of halogens is 1. The molecule has 3 rings (SSSR count). The summed E-state index contributed by atoms with van der Waals surface area (Å²) in [5.41, 5.74) is 4.43. The SMILES string of the molecule is CN=C(NCCc1cccc(C(=O)NC)c1)NCc1ccc(CN2CCCCC2)cc1.I. The molecule has 0 atom stereocenters. The lowest BCUT2D eigenvalue weighted by Crippen LogP contribution is -2.37. The van der Waals surface area contributed by atoms with Crippen LogP contribution in [0.25, 0.3) is 0 Å². The Morgan fingerprint density at radius 1 is 0.969 bits per heavy atom. The minimum absolute atomic E-state index is 0. The number of benzene rings is 2. The first-order valence-corrected chi connectivity index (χ1v) is 11.2. The van der Waals surface area contributed by atoms with Crippen molar-refractivity contribution in [3.05, 3.63) is 70.8 Å². The molecule has 3 N–H and O–H groups in total. The predicted octanol–water partition coefficient (Wildman–Crippen LogP) is 3.56. The van der Waals surface area contributed by atoms with Crippen LogP contribution >= 0.6 is 24.0 Å². The van der Waals surface area contributed by atoms with Gasteiger partial charge in [-0.3, -0.25) is 14.7 Å². The van der Waals surface area contributed by atoms with E-state index in [4.69, 9.17) is 0 Å². The van der Waals surface area contributed by atoms with Gasteiger partial charge in [0.1, 0.15) is 0 Å². The van der Waals surface area contributed by atoms with Crippen LogP contribution in [0.1, 0.15) is 46.3 Å². The number of hydrogen-bond acceptors (Lipinski definition) is 3. The van der Waals surface area contributed by atoms with Crippen molar-refractivity contribution in [2.75, 3.05) is 33.7 Å². The highest BCUT2D eigenvalue weighted by molar-refractivity contribution is 14.0. The maximum atomic E-state index is 11.8. The summed E-state index contributed by atoms with van der Waals surface area (Å²) < 4.78 is 0. The summed E-state index contributed by atoms with van der Waals surface area (Å²) in [4.78, 5) is 18.6. The van der Waals surface area contributed by atoms with Gasteiger partial charge in [0.2, 0.25) is 0 Å². The van der Waals surface area contributed by atoms with Gasteiger partial charge in [-0.25, -0.2) is 0 Å². The molecule has 2 aromatic rings. The molecular weight excluding hydrogens is 513 g/mol. The molecule has 0 aromatic heterocycles. The monoisotopic (exact) mass is 549 g/mol. The molecule has 0 saturated carbocycles. The fourth-order valence-corrected chi connectivity index (χ4v) is 3.88. The van der Waals surface area contributed by atoms with Gasteiger partial charge in [-0.2, -0.15) is 0 Å². The van der Waals surface area contributed by atoms with Crippen LogP contribution in [0.4, 0.5) is 0 Å². The number of amides is 1. The van der Waals surface area contributed by atoms with E-state index >= 15 is 0 Å². The van der Waals surface area contributed by atoms with Gasteiger partial charge in [-0.15, -0.1) is 24.0 Å². The second kappa shape index (κ2) is 14.1. The van der Waals surface area contributed by atoms with Crippen molar-refractivity contribution in [1.29, 1.82) is 0 Å². The van der Waals surface area contributed by atoms with Crippen LogP contribution in [0, 0.1) is 0 Å². The van der Waals surface area contributed by atoms with E-state index in [0.717, 1.165) is 37.6 Å². The maximum absolute atomic E-state index is 11.8. The Morgan fingerprint density at radius 2 is 1.69 bits per heavy atom. The van der Waals surface area contributed by atoms with Crippen molar-refractivity contribution in [3.63, 3.8) is 0 Å². The van der Waals surface area contributed by atoms with Crippen molar-refractivity contribution < 1.29 is 4.79 Å². The Hall–Kier alpha value is -2.13. The second-order valence-corrected chi connectivity index (χ2v) is 8.04. The zero-order valence-electron chi connectivity index (χ0n) is 19.2. The summed E-state index contributed by atoms with van der Waals surface area (Å²) in [7, 11) is 3.43. The van der Waals surface area contributed by atoms with Crippen molar-refractivity contribution >= 4 is 35.8 Å². The molecule has 174 valence electrons. The number of carbonyl (C=O) groups is 1. The Morgan fingerprint density at radius 3 is 2.38 bits per heavy atom. The first-order valence-electron chi connectivity index (χ1n) is 11.2. The van der Waals surface area contributed by atoms with E-state index in [-0.39, 0.29) is 29.9 Å². The molecule has 0 radical (unpaired) electrons. The molecule has 32 heavy (non-hydrogen) atoms. The molecule has 1 aliphatic heterocycles. The smallest absolute Gasteiger partial charge is 0.251 e. The van der Waals surface area contributed by atoms with Crippen LogP contribution in [0.5, 0.6) is 0 Å². The average Bonchev–Trinajstić information content (AvgIpc) is 2.82. The fraction of sp³-hybridized carbons (Fsp3) is 0.440. The zero-order valence-corrected chi connectivity index (χ0v) is 21.5. The summed E-state index contributed by atoms with van der Waals surface area (Å²) in [6, 6.07) is 16.6. The molecular formula is C25H36IN5O. The van der Waals surface area contributed by atoms with Gasteiger partial charge in [0.05, 0.1) is 0 Å². The number of likely N-dealkylation sites (tertiary alicyclic amines) is 1. The fourth-order valence-electron chi connectivity index (χ4n) is 3.88. The first-order chi connectivity index (χ1) is 15.2. The van der Waals surface area contributed by atoms with Crippen LogP contribution in [0.3, 0.4) is 0 Å². The van der Waals surface area contributed by atoms with Gasteiger partial charge >= 0.3 is 0 Å². The first kappa shape index (κ1) is 26.1. The summed E-state index contributed by atoms with van der Waals surface area (Å²) in [6.45, 7) is 4.97. The van der Waals surface area contributed by atoms with E-state index in [9.17, 15) is 4.79 Å².